The Morgan fingerprint density at radius 2 is 1.92 bits per heavy atom. The first kappa shape index (κ1) is 26.3. The molecule has 8 nitrogen and oxygen atoms in total. The molecular weight excluding hydrogens is 543 g/mol. The van der Waals surface area contributed by atoms with Crippen LogP contribution in [-0.4, -0.2) is 38.5 Å². The van der Waals surface area contributed by atoms with Crippen LogP contribution in [0.25, 0.3) is 11.3 Å². The van der Waals surface area contributed by atoms with Crippen LogP contribution in [0.1, 0.15) is 40.3 Å². The number of nitrogens with one attached hydrogen (secondary N) is 2. The van der Waals surface area contributed by atoms with Gasteiger partial charge in [0, 0.05) is 30.4 Å². The fraction of sp³-hybridized carbons (Fsp3) is 0.143. The van der Waals surface area contributed by atoms with Gasteiger partial charge >= 0.3 is 5.97 Å². The van der Waals surface area contributed by atoms with E-state index >= 15 is 0 Å². The van der Waals surface area contributed by atoms with Crippen LogP contribution in [-0.2, 0) is 4.79 Å². The van der Waals surface area contributed by atoms with Crippen molar-refractivity contribution in [2.45, 2.75) is 18.5 Å². The summed E-state index contributed by atoms with van der Waals surface area (Å²) in [5.74, 6) is -0.806. The molecule has 4 aromatic rings. The maximum atomic E-state index is 13.2. The molecule has 1 aliphatic heterocycles. The molecule has 0 unspecified atom stereocenters. The van der Waals surface area contributed by atoms with Gasteiger partial charge in [-0.15, -0.1) is 0 Å². The third-order valence-electron chi connectivity index (χ3n) is 6.30. The van der Waals surface area contributed by atoms with Crippen LogP contribution in [0.15, 0.2) is 83.4 Å². The highest BCUT2D eigenvalue weighted by Gasteiger charge is 2.41. The van der Waals surface area contributed by atoms with E-state index in [0.717, 1.165) is 5.69 Å². The average Bonchev–Trinajstić information content (AvgIpc) is 3.54. The summed E-state index contributed by atoms with van der Waals surface area (Å²) in [6.07, 6.45) is 1.78. The highest BCUT2D eigenvalue weighted by molar-refractivity contribution is 7.80. The standard InChI is InChI=1S/C28H22ClFN4O4S/c29-20-9-4-16(27(36)37)15-19(20)22-10-11-23(38-22)26-25(21-3-1-2-13-31-21)33-28(39)34(26)14-12-24(35)32-18-7-5-17(30)6-8-18/h1-11,13,15,25-26H,12,14H2,(H,32,35)(H,33,39)(H,36,37)/t25-,26-/m0/s1. The number of amides is 1. The summed E-state index contributed by atoms with van der Waals surface area (Å²) in [5, 5.41) is 16.2. The molecule has 3 N–H and O–H groups in total. The van der Waals surface area contributed by atoms with E-state index in [0.29, 0.717) is 32.9 Å². The number of pyridine rings is 1. The lowest BCUT2D eigenvalue weighted by molar-refractivity contribution is -0.116. The van der Waals surface area contributed by atoms with Crippen molar-refractivity contribution in [1.29, 1.82) is 0 Å². The molecule has 198 valence electrons. The molecule has 0 radical (unpaired) electrons. The maximum absolute atomic E-state index is 13.2. The van der Waals surface area contributed by atoms with Crippen LogP contribution < -0.4 is 10.6 Å². The Kier molecular flexibility index (Phi) is 7.58. The molecule has 0 spiro atoms. The zero-order valence-electron chi connectivity index (χ0n) is 20.3. The van der Waals surface area contributed by atoms with Crippen molar-refractivity contribution in [3.05, 3.63) is 107 Å². The highest BCUT2D eigenvalue weighted by atomic mass is 35.5. The first-order chi connectivity index (χ1) is 18.8. The van der Waals surface area contributed by atoms with Gasteiger partial charge in [-0.2, -0.15) is 0 Å². The Bertz CT molecular complexity index is 1530. The minimum Gasteiger partial charge on any atom is -0.478 e. The Hall–Kier alpha value is -4.28. The van der Waals surface area contributed by atoms with E-state index in [4.69, 9.17) is 28.2 Å². The van der Waals surface area contributed by atoms with Gasteiger partial charge in [0.05, 0.1) is 22.3 Å². The van der Waals surface area contributed by atoms with Gasteiger partial charge in [-0.3, -0.25) is 9.78 Å². The molecule has 2 aromatic heterocycles. The normalized spacial score (nSPS) is 16.7. The molecule has 2 atom stereocenters. The minimum atomic E-state index is -1.08. The molecule has 5 rings (SSSR count). The number of nitrogens with zero attached hydrogens (tertiary/aromatic N) is 2. The summed E-state index contributed by atoms with van der Waals surface area (Å²) < 4.78 is 19.4. The third kappa shape index (κ3) is 5.76. The summed E-state index contributed by atoms with van der Waals surface area (Å²) in [6.45, 7) is 0.262. The lowest BCUT2D eigenvalue weighted by atomic mass is 10.0. The van der Waals surface area contributed by atoms with Gasteiger partial charge in [0.15, 0.2) is 5.11 Å². The van der Waals surface area contributed by atoms with Crippen LogP contribution >= 0.6 is 23.8 Å². The molecule has 0 aliphatic carbocycles. The van der Waals surface area contributed by atoms with Crippen molar-refractivity contribution in [2.24, 2.45) is 0 Å². The quantitative estimate of drug-likeness (QED) is 0.229. The number of hydrogen-bond acceptors (Lipinski definition) is 5. The van der Waals surface area contributed by atoms with E-state index in [1.54, 1.807) is 18.3 Å². The summed E-state index contributed by atoms with van der Waals surface area (Å²) in [5.41, 5.74) is 1.74. The van der Waals surface area contributed by atoms with Crippen molar-refractivity contribution in [3.63, 3.8) is 0 Å². The SMILES string of the molecule is O=C(CCN1C(=S)N[C@@H](c2ccccn2)[C@@H]1c1ccc(-c2cc(C(=O)O)ccc2Cl)o1)Nc1ccc(F)cc1. The zero-order chi connectivity index (χ0) is 27.5. The molecule has 1 amide bonds. The van der Waals surface area contributed by atoms with Crippen LogP contribution in [0.4, 0.5) is 10.1 Å². The Labute approximate surface area is 233 Å². The number of thiocarbonyl (C=S) groups is 1. The topological polar surface area (TPSA) is 108 Å². The number of hydrogen-bond donors (Lipinski definition) is 3. The molecule has 3 heterocycles. The Morgan fingerprint density at radius 3 is 2.64 bits per heavy atom. The van der Waals surface area contributed by atoms with Gasteiger partial charge in [0.25, 0.3) is 0 Å². The predicted octanol–water partition coefficient (Wildman–Crippen LogP) is 5.83. The number of carbonyl (C=O) groups excluding carboxylic acids is 1. The number of anilines is 1. The number of furan rings is 1. The second-order valence-electron chi connectivity index (χ2n) is 8.83. The molecule has 0 bridgehead atoms. The van der Waals surface area contributed by atoms with Crippen LogP contribution in [0.5, 0.6) is 0 Å². The van der Waals surface area contributed by atoms with E-state index < -0.39 is 17.8 Å². The summed E-state index contributed by atoms with van der Waals surface area (Å²) >= 11 is 12.0. The average molecular weight is 565 g/mol. The third-order valence-corrected chi connectivity index (χ3v) is 6.98. The molecule has 11 heteroatoms. The van der Waals surface area contributed by atoms with Gasteiger partial charge in [0.1, 0.15) is 23.4 Å². The smallest absolute Gasteiger partial charge is 0.335 e. The van der Waals surface area contributed by atoms with E-state index in [1.807, 2.05) is 23.1 Å². The van der Waals surface area contributed by atoms with E-state index in [-0.39, 0.29) is 30.5 Å². The van der Waals surface area contributed by atoms with Crippen molar-refractivity contribution in [1.82, 2.24) is 15.2 Å². The highest BCUT2D eigenvalue weighted by Crippen LogP contribution is 2.41. The number of carboxylic acids is 1. The zero-order valence-corrected chi connectivity index (χ0v) is 21.9. The van der Waals surface area contributed by atoms with Crippen LogP contribution in [0.3, 0.4) is 0 Å². The Morgan fingerprint density at radius 1 is 1.13 bits per heavy atom. The predicted molar refractivity (Wildman–Crippen MR) is 148 cm³/mol. The number of rotatable bonds is 8. The maximum Gasteiger partial charge on any atom is 0.335 e. The first-order valence-electron chi connectivity index (χ1n) is 12.0. The van der Waals surface area contributed by atoms with Crippen molar-refractivity contribution < 1.29 is 23.5 Å². The number of carbonyl (C=O) groups is 2. The number of halogens is 2. The minimum absolute atomic E-state index is 0.0798. The number of benzene rings is 2. The Balaban J connectivity index is 1.42. The second-order valence-corrected chi connectivity index (χ2v) is 9.62. The van der Waals surface area contributed by atoms with Crippen molar-refractivity contribution >= 4 is 46.5 Å². The fourth-order valence-electron chi connectivity index (χ4n) is 4.44. The molecule has 1 fully saturated rings. The molecule has 39 heavy (non-hydrogen) atoms. The lowest BCUT2D eigenvalue weighted by Crippen LogP contribution is -2.32. The largest absolute Gasteiger partial charge is 0.478 e. The fourth-order valence-corrected chi connectivity index (χ4v) is 4.98. The molecule has 1 saturated heterocycles. The van der Waals surface area contributed by atoms with E-state index in [2.05, 4.69) is 15.6 Å². The molecule has 0 saturated carbocycles. The van der Waals surface area contributed by atoms with Gasteiger partial charge < -0.3 is 25.1 Å². The van der Waals surface area contributed by atoms with E-state index in [9.17, 15) is 19.1 Å². The number of aromatic carboxylic acids is 1. The summed E-state index contributed by atoms with van der Waals surface area (Å²) in [6, 6.07) is 18.1. The van der Waals surface area contributed by atoms with Crippen molar-refractivity contribution in [3.8, 4) is 11.3 Å². The molecular formula is C28H22ClFN4O4S. The summed E-state index contributed by atoms with van der Waals surface area (Å²) in [7, 11) is 0. The van der Waals surface area contributed by atoms with Crippen molar-refractivity contribution in [2.75, 3.05) is 11.9 Å². The summed E-state index contributed by atoms with van der Waals surface area (Å²) in [4.78, 5) is 30.5. The van der Waals surface area contributed by atoms with Gasteiger partial charge in [-0.05, 0) is 78.9 Å². The van der Waals surface area contributed by atoms with Gasteiger partial charge in [-0.1, -0.05) is 17.7 Å². The second kappa shape index (κ2) is 11.2. The first-order valence-corrected chi connectivity index (χ1v) is 12.7. The monoisotopic (exact) mass is 564 g/mol. The van der Waals surface area contributed by atoms with E-state index in [1.165, 1.54) is 42.5 Å². The van der Waals surface area contributed by atoms with Crippen LogP contribution in [0.2, 0.25) is 5.02 Å². The number of carboxylic acid groups (broad SMARTS) is 1. The van der Waals surface area contributed by atoms with Crippen LogP contribution in [0, 0.1) is 5.82 Å². The lowest BCUT2D eigenvalue weighted by Gasteiger charge is -2.25. The van der Waals surface area contributed by atoms with Gasteiger partial charge in [-0.25, -0.2) is 9.18 Å². The molecule has 2 aromatic carbocycles. The number of aromatic nitrogens is 1. The molecule has 1 aliphatic rings. The van der Waals surface area contributed by atoms with Gasteiger partial charge in [0.2, 0.25) is 5.91 Å².